The predicted octanol–water partition coefficient (Wildman–Crippen LogP) is -0.0805. The number of likely N-dealkylation sites (N-methyl/N-ethyl adjacent to an activating group) is 1. The van der Waals surface area contributed by atoms with Gasteiger partial charge >= 0.3 is 0 Å². The number of likely N-dealkylation sites (tertiary alicyclic amines) is 1. The summed E-state index contributed by atoms with van der Waals surface area (Å²) < 4.78 is 0. The van der Waals surface area contributed by atoms with Crippen molar-refractivity contribution in [3.8, 4) is 0 Å². The first-order valence-electron chi connectivity index (χ1n) is 4.79. The highest BCUT2D eigenvalue weighted by Crippen LogP contribution is 2.13. The van der Waals surface area contributed by atoms with Gasteiger partial charge in [-0.2, -0.15) is 0 Å². The monoisotopic (exact) mass is 221 g/mol. The minimum atomic E-state index is 0. The number of nitrogens with zero attached hydrogens (tertiary/aromatic N) is 2. The molecule has 1 heterocycles. The van der Waals surface area contributed by atoms with E-state index in [1.807, 2.05) is 7.05 Å². The summed E-state index contributed by atoms with van der Waals surface area (Å²) in [5.74, 6) is 0.0505. The number of hydrogen-bond acceptors (Lipinski definition) is 3. The highest BCUT2D eigenvalue weighted by molar-refractivity contribution is 5.85. The fourth-order valence-electron chi connectivity index (χ4n) is 1.73. The van der Waals surface area contributed by atoms with Crippen LogP contribution in [0.3, 0.4) is 0 Å². The zero-order chi connectivity index (χ0) is 9.84. The molecule has 1 aliphatic heterocycles. The fourth-order valence-corrected chi connectivity index (χ4v) is 1.73. The summed E-state index contributed by atoms with van der Waals surface area (Å²) in [5, 5.41) is 0. The molecule has 0 spiro atoms. The van der Waals surface area contributed by atoms with Crippen LogP contribution in [-0.2, 0) is 4.79 Å². The van der Waals surface area contributed by atoms with Gasteiger partial charge in [0.05, 0.1) is 6.54 Å². The van der Waals surface area contributed by atoms with Crippen molar-refractivity contribution in [3.05, 3.63) is 0 Å². The Kier molecular flexibility index (Phi) is 6.08. The molecule has 5 heteroatoms. The van der Waals surface area contributed by atoms with Gasteiger partial charge in [-0.3, -0.25) is 4.79 Å². The topological polar surface area (TPSA) is 49.6 Å². The van der Waals surface area contributed by atoms with Crippen LogP contribution in [0, 0.1) is 0 Å². The van der Waals surface area contributed by atoms with Crippen molar-refractivity contribution < 1.29 is 4.79 Å². The minimum absolute atomic E-state index is 0. The van der Waals surface area contributed by atoms with E-state index in [-0.39, 0.29) is 24.9 Å². The molecule has 1 fully saturated rings. The Labute approximate surface area is 91.8 Å². The van der Waals surface area contributed by atoms with Gasteiger partial charge in [0, 0.05) is 13.1 Å². The predicted molar refractivity (Wildman–Crippen MR) is 59.6 cm³/mol. The van der Waals surface area contributed by atoms with E-state index in [1.54, 1.807) is 4.90 Å². The summed E-state index contributed by atoms with van der Waals surface area (Å²) in [7, 11) is 3.96. The lowest BCUT2D eigenvalue weighted by Crippen LogP contribution is -2.46. The number of hydrogen-bond donors (Lipinski definition) is 1. The maximum absolute atomic E-state index is 11.3. The van der Waals surface area contributed by atoms with Gasteiger partial charge in [0.15, 0.2) is 0 Å². The van der Waals surface area contributed by atoms with Gasteiger partial charge in [-0.05, 0) is 33.0 Å². The van der Waals surface area contributed by atoms with Crippen LogP contribution in [0.2, 0.25) is 0 Å². The van der Waals surface area contributed by atoms with E-state index in [1.165, 1.54) is 0 Å². The second-order valence-corrected chi connectivity index (χ2v) is 3.74. The van der Waals surface area contributed by atoms with E-state index in [0.29, 0.717) is 6.04 Å². The largest absolute Gasteiger partial charge is 0.342 e. The quantitative estimate of drug-likeness (QED) is 0.710. The molecule has 0 aromatic heterocycles. The Morgan fingerprint density at radius 3 is 2.43 bits per heavy atom. The molecule has 1 saturated heterocycles. The van der Waals surface area contributed by atoms with Crippen LogP contribution in [0.5, 0.6) is 0 Å². The van der Waals surface area contributed by atoms with E-state index in [2.05, 4.69) is 11.9 Å². The van der Waals surface area contributed by atoms with Crippen LogP contribution in [0.4, 0.5) is 0 Å². The standard InChI is InChI=1S/C9H19N3O.ClH/c1-11-5-3-8(4-6-11)12(2)9(13)7-10;/h8H,3-7,10H2,1-2H3;1H. The normalized spacial score (nSPS) is 18.8. The van der Waals surface area contributed by atoms with Crippen LogP contribution in [-0.4, -0.2) is 55.5 Å². The molecular weight excluding hydrogens is 202 g/mol. The zero-order valence-corrected chi connectivity index (χ0v) is 9.72. The Morgan fingerprint density at radius 2 is 2.00 bits per heavy atom. The highest BCUT2D eigenvalue weighted by Gasteiger charge is 2.22. The molecule has 1 aliphatic rings. The van der Waals surface area contributed by atoms with E-state index in [4.69, 9.17) is 5.73 Å². The summed E-state index contributed by atoms with van der Waals surface area (Å²) in [6.45, 7) is 2.28. The molecule has 2 N–H and O–H groups in total. The number of carbonyl (C=O) groups excluding carboxylic acids is 1. The van der Waals surface area contributed by atoms with Gasteiger partial charge in [-0.1, -0.05) is 0 Å². The van der Waals surface area contributed by atoms with E-state index in [9.17, 15) is 4.79 Å². The lowest BCUT2D eigenvalue weighted by atomic mass is 10.0. The number of piperidine rings is 1. The first kappa shape index (κ1) is 13.7. The van der Waals surface area contributed by atoms with Gasteiger partial charge in [0.25, 0.3) is 0 Å². The van der Waals surface area contributed by atoms with E-state index < -0.39 is 0 Å². The van der Waals surface area contributed by atoms with Gasteiger partial charge in [0.2, 0.25) is 5.91 Å². The van der Waals surface area contributed by atoms with Crippen molar-refractivity contribution >= 4 is 18.3 Å². The lowest BCUT2D eigenvalue weighted by Gasteiger charge is -2.34. The molecule has 0 radical (unpaired) electrons. The molecule has 0 unspecified atom stereocenters. The molecule has 84 valence electrons. The summed E-state index contributed by atoms with van der Waals surface area (Å²) in [5.41, 5.74) is 5.31. The van der Waals surface area contributed by atoms with Crippen LogP contribution in [0.1, 0.15) is 12.8 Å². The maximum Gasteiger partial charge on any atom is 0.236 e. The molecule has 1 amide bonds. The van der Waals surface area contributed by atoms with Crippen LogP contribution < -0.4 is 5.73 Å². The van der Waals surface area contributed by atoms with Crippen LogP contribution >= 0.6 is 12.4 Å². The molecule has 14 heavy (non-hydrogen) atoms. The molecule has 0 bridgehead atoms. The van der Waals surface area contributed by atoms with Gasteiger partial charge in [-0.15, -0.1) is 12.4 Å². The van der Waals surface area contributed by atoms with Crippen molar-refractivity contribution in [2.75, 3.05) is 33.7 Å². The number of carbonyl (C=O) groups is 1. The van der Waals surface area contributed by atoms with Crippen molar-refractivity contribution in [1.82, 2.24) is 9.80 Å². The van der Waals surface area contributed by atoms with E-state index >= 15 is 0 Å². The van der Waals surface area contributed by atoms with E-state index in [0.717, 1.165) is 25.9 Å². The van der Waals surface area contributed by atoms with Crippen LogP contribution in [0.25, 0.3) is 0 Å². The molecular formula is C9H20ClN3O. The first-order valence-corrected chi connectivity index (χ1v) is 4.79. The Hall–Kier alpha value is -0.320. The molecule has 4 nitrogen and oxygen atoms in total. The van der Waals surface area contributed by atoms with Gasteiger partial charge in [-0.25, -0.2) is 0 Å². The second-order valence-electron chi connectivity index (χ2n) is 3.74. The third-order valence-electron chi connectivity index (χ3n) is 2.80. The Bertz CT molecular complexity index is 181. The van der Waals surface area contributed by atoms with Crippen LogP contribution in [0.15, 0.2) is 0 Å². The molecule has 0 aliphatic carbocycles. The van der Waals surface area contributed by atoms with Crippen molar-refractivity contribution in [1.29, 1.82) is 0 Å². The molecule has 0 aromatic carbocycles. The smallest absolute Gasteiger partial charge is 0.236 e. The number of halogens is 1. The third kappa shape index (κ3) is 3.44. The second kappa shape index (κ2) is 6.22. The lowest BCUT2D eigenvalue weighted by molar-refractivity contribution is -0.131. The first-order chi connectivity index (χ1) is 6.15. The number of amides is 1. The summed E-state index contributed by atoms with van der Waals surface area (Å²) in [6, 6.07) is 0.396. The zero-order valence-electron chi connectivity index (χ0n) is 8.90. The SMILES string of the molecule is CN1CCC(N(C)C(=O)CN)CC1.Cl. The van der Waals surface area contributed by atoms with Crippen molar-refractivity contribution in [3.63, 3.8) is 0 Å². The maximum atomic E-state index is 11.3. The summed E-state index contributed by atoms with van der Waals surface area (Å²) >= 11 is 0. The Morgan fingerprint density at radius 1 is 1.50 bits per heavy atom. The van der Waals surface area contributed by atoms with Gasteiger partial charge < -0.3 is 15.5 Å². The number of nitrogens with two attached hydrogens (primary N) is 1. The van der Waals surface area contributed by atoms with Gasteiger partial charge in [0.1, 0.15) is 0 Å². The third-order valence-corrected chi connectivity index (χ3v) is 2.80. The molecule has 1 rings (SSSR count). The van der Waals surface area contributed by atoms with Crippen molar-refractivity contribution in [2.45, 2.75) is 18.9 Å². The summed E-state index contributed by atoms with van der Waals surface area (Å²) in [6.07, 6.45) is 2.14. The van der Waals surface area contributed by atoms with Crippen molar-refractivity contribution in [2.24, 2.45) is 5.73 Å². The molecule has 0 aromatic rings. The Balaban J connectivity index is 0.00000169. The highest BCUT2D eigenvalue weighted by atomic mass is 35.5. The molecule has 0 saturated carbocycles. The summed E-state index contributed by atoms with van der Waals surface area (Å²) in [4.78, 5) is 15.4. The average molecular weight is 222 g/mol. The fraction of sp³-hybridized carbons (Fsp3) is 0.889. The average Bonchev–Trinajstić information content (AvgIpc) is 2.17. The molecule has 0 atom stereocenters. The minimum Gasteiger partial charge on any atom is -0.342 e. The number of rotatable bonds is 2.